The molecule has 1 aliphatic carbocycles. The molecule has 1 heteroatoms. The monoisotopic (exact) mass is 214 g/mol. The van der Waals surface area contributed by atoms with Gasteiger partial charge in [0.1, 0.15) is 0 Å². The largest absolute Gasteiger partial charge is 0.0780 e. The molecule has 0 saturated heterocycles. The molecular formula is C14H18Si. The molecule has 0 fully saturated rings. The van der Waals surface area contributed by atoms with Crippen LogP contribution in [0.2, 0.25) is 6.04 Å². The van der Waals surface area contributed by atoms with Crippen LogP contribution in [-0.4, -0.2) is 10.2 Å². The van der Waals surface area contributed by atoms with Crippen LogP contribution in [0.15, 0.2) is 48.6 Å². The minimum absolute atomic E-state index is 0.435. The third kappa shape index (κ3) is 2.29. The predicted molar refractivity (Wildman–Crippen MR) is 71.0 cm³/mol. The van der Waals surface area contributed by atoms with Crippen LogP contribution in [-0.2, 0) is 0 Å². The minimum atomic E-state index is 0.435. The first-order chi connectivity index (χ1) is 7.23. The number of benzene rings is 1. The van der Waals surface area contributed by atoms with Gasteiger partial charge in [-0.2, -0.15) is 0 Å². The van der Waals surface area contributed by atoms with Crippen molar-refractivity contribution in [2.24, 2.45) is 5.41 Å². The van der Waals surface area contributed by atoms with Gasteiger partial charge in [-0.15, -0.1) is 0 Å². The lowest BCUT2D eigenvalue weighted by molar-refractivity contribution is 0.485. The van der Waals surface area contributed by atoms with Crippen molar-refractivity contribution in [1.82, 2.24) is 0 Å². The van der Waals surface area contributed by atoms with E-state index in [0.29, 0.717) is 5.41 Å². The Labute approximate surface area is 95.1 Å². The van der Waals surface area contributed by atoms with Crippen molar-refractivity contribution >= 4 is 15.8 Å². The number of hydrogen-bond acceptors (Lipinski definition) is 0. The summed E-state index contributed by atoms with van der Waals surface area (Å²) >= 11 is 0. The summed E-state index contributed by atoms with van der Waals surface area (Å²) in [6, 6.07) is 12.0. The van der Waals surface area contributed by atoms with E-state index in [1.807, 2.05) is 0 Å². The zero-order chi connectivity index (χ0) is 10.7. The van der Waals surface area contributed by atoms with Gasteiger partial charge in [0.15, 0.2) is 0 Å². The molecule has 0 aliphatic heterocycles. The van der Waals surface area contributed by atoms with Crippen molar-refractivity contribution in [1.29, 1.82) is 0 Å². The predicted octanol–water partition coefficient (Wildman–Crippen LogP) is 2.82. The quantitative estimate of drug-likeness (QED) is 0.664. The van der Waals surface area contributed by atoms with Gasteiger partial charge in [0, 0.05) is 10.2 Å². The molecule has 15 heavy (non-hydrogen) atoms. The van der Waals surface area contributed by atoms with Crippen LogP contribution < -0.4 is 0 Å². The van der Waals surface area contributed by atoms with Crippen LogP contribution in [0.25, 0.3) is 5.57 Å². The molecule has 0 nitrogen and oxygen atoms in total. The lowest BCUT2D eigenvalue weighted by atomic mass is 9.82. The molecule has 1 aromatic rings. The Kier molecular flexibility index (Phi) is 2.92. The van der Waals surface area contributed by atoms with E-state index in [2.05, 4.69) is 55.5 Å². The van der Waals surface area contributed by atoms with Gasteiger partial charge in [0.05, 0.1) is 0 Å². The third-order valence-electron chi connectivity index (χ3n) is 3.37. The smallest absolute Gasteiger partial charge is 0.00390 e. The van der Waals surface area contributed by atoms with Gasteiger partial charge >= 0.3 is 0 Å². The van der Waals surface area contributed by atoms with Crippen molar-refractivity contribution < 1.29 is 0 Å². The molecule has 0 bridgehead atoms. The van der Waals surface area contributed by atoms with E-state index in [4.69, 9.17) is 0 Å². The van der Waals surface area contributed by atoms with E-state index in [9.17, 15) is 0 Å². The molecule has 0 heterocycles. The Bertz CT molecular complexity index is 389. The van der Waals surface area contributed by atoms with Gasteiger partial charge in [-0.1, -0.05) is 61.5 Å². The van der Waals surface area contributed by atoms with Gasteiger partial charge in [-0.25, -0.2) is 0 Å². The fourth-order valence-corrected chi connectivity index (χ4v) is 2.40. The summed E-state index contributed by atoms with van der Waals surface area (Å²) < 4.78 is 0. The van der Waals surface area contributed by atoms with Crippen LogP contribution >= 0.6 is 0 Å². The van der Waals surface area contributed by atoms with E-state index >= 15 is 0 Å². The maximum absolute atomic E-state index is 2.39. The Hall–Kier alpha value is -1.08. The molecule has 1 atom stereocenters. The fourth-order valence-electron chi connectivity index (χ4n) is 1.88. The third-order valence-corrected chi connectivity index (χ3v) is 4.98. The number of hydrogen-bond donors (Lipinski definition) is 0. The number of allylic oxidation sites excluding steroid dienone is 4. The highest BCUT2D eigenvalue weighted by molar-refractivity contribution is 6.09. The molecule has 0 N–H and O–H groups in total. The summed E-state index contributed by atoms with van der Waals surface area (Å²) in [4.78, 5) is 0. The summed E-state index contributed by atoms with van der Waals surface area (Å²) in [6.45, 7) is 2.36. The second kappa shape index (κ2) is 4.19. The van der Waals surface area contributed by atoms with E-state index in [1.54, 1.807) is 0 Å². The Morgan fingerprint density at radius 3 is 2.53 bits per heavy atom. The first-order valence-electron chi connectivity index (χ1n) is 5.68. The maximum Gasteiger partial charge on any atom is 0.00390 e. The Morgan fingerprint density at radius 2 is 2.00 bits per heavy atom. The Morgan fingerprint density at radius 1 is 1.27 bits per heavy atom. The second-order valence-electron chi connectivity index (χ2n) is 4.57. The average molecular weight is 214 g/mol. The summed E-state index contributed by atoms with van der Waals surface area (Å²) in [6.07, 6.45) is 8.25. The summed E-state index contributed by atoms with van der Waals surface area (Å²) in [5.41, 5.74) is 3.15. The topological polar surface area (TPSA) is 0 Å². The van der Waals surface area contributed by atoms with Gasteiger partial charge < -0.3 is 0 Å². The zero-order valence-corrected chi connectivity index (χ0v) is 11.5. The molecule has 0 amide bonds. The molecule has 0 spiro atoms. The zero-order valence-electron chi connectivity index (χ0n) is 9.53. The summed E-state index contributed by atoms with van der Waals surface area (Å²) in [5, 5.41) is 0. The van der Waals surface area contributed by atoms with Gasteiger partial charge in [0.2, 0.25) is 0 Å². The summed E-state index contributed by atoms with van der Waals surface area (Å²) in [7, 11) is 1.29. The van der Waals surface area contributed by atoms with Crippen LogP contribution in [0.1, 0.15) is 18.9 Å². The Balaban J connectivity index is 2.20. The normalized spacial score (nSPS) is 25.3. The minimum Gasteiger partial charge on any atom is -0.0780 e. The van der Waals surface area contributed by atoms with Crippen LogP contribution in [0.5, 0.6) is 0 Å². The lowest BCUT2D eigenvalue weighted by Gasteiger charge is -2.26. The van der Waals surface area contributed by atoms with Gasteiger partial charge in [-0.05, 0) is 23.0 Å². The van der Waals surface area contributed by atoms with E-state index in [1.165, 1.54) is 33.8 Å². The highest BCUT2D eigenvalue weighted by Gasteiger charge is 2.19. The molecule has 78 valence electrons. The van der Waals surface area contributed by atoms with E-state index in [0.717, 1.165) is 0 Å². The molecule has 1 aromatic carbocycles. The van der Waals surface area contributed by atoms with Crippen molar-refractivity contribution in [3.05, 3.63) is 54.1 Å². The first-order valence-corrected chi connectivity index (χ1v) is 7.10. The highest BCUT2D eigenvalue weighted by Crippen LogP contribution is 2.34. The molecular weight excluding hydrogens is 196 g/mol. The molecule has 1 aliphatic rings. The SMILES string of the molecule is CC1(C[SiH3])C=CC(c2ccccc2)=CC1. The van der Waals surface area contributed by atoms with Crippen molar-refractivity contribution in [2.45, 2.75) is 19.4 Å². The first kappa shape index (κ1) is 10.4. The van der Waals surface area contributed by atoms with Crippen LogP contribution in [0.4, 0.5) is 0 Å². The average Bonchev–Trinajstić information content (AvgIpc) is 2.31. The lowest BCUT2D eigenvalue weighted by Crippen LogP contribution is -2.13. The maximum atomic E-state index is 2.39. The van der Waals surface area contributed by atoms with E-state index < -0.39 is 0 Å². The van der Waals surface area contributed by atoms with Crippen LogP contribution in [0.3, 0.4) is 0 Å². The van der Waals surface area contributed by atoms with Gasteiger partial charge in [0.25, 0.3) is 0 Å². The summed E-state index contributed by atoms with van der Waals surface area (Å²) in [5.74, 6) is 0. The molecule has 1 unspecified atom stereocenters. The molecule has 0 aromatic heterocycles. The van der Waals surface area contributed by atoms with E-state index in [-0.39, 0.29) is 0 Å². The van der Waals surface area contributed by atoms with Gasteiger partial charge in [-0.3, -0.25) is 0 Å². The standard InChI is InChI=1S/C14H18Si/c1-14(11-15)9-7-13(8-10-14)12-5-3-2-4-6-12/h2-9H,10-11H2,1,15H3. The second-order valence-corrected chi connectivity index (χ2v) is 5.28. The van der Waals surface area contributed by atoms with Crippen LogP contribution in [0, 0.1) is 5.41 Å². The van der Waals surface area contributed by atoms with Crippen molar-refractivity contribution in [3.8, 4) is 0 Å². The molecule has 2 rings (SSSR count). The molecule has 0 radical (unpaired) electrons. The number of rotatable bonds is 2. The molecule has 0 saturated carbocycles. The fraction of sp³-hybridized carbons (Fsp3) is 0.286. The van der Waals surface area contributed by atoms with Crippen molar-refractivity contribution in [3.63, 3.8) is 0 Å². The van der Waals surface area contributed by atoms with Crippen molar-refractivity contribution in [2.75, 3.05) is 0 Å². The highest BCUT2D eigenvalue weighted by atomic mass is 28.1.